The number of hydrogen-bond acceptors (Lipinski definition) is 2. The fraction of sp³-hybridized carbons (Fsp3) is 0.105. The van der Waals surface area contributed by atoms with Crippen LogP contribution in [0.25, 0.3) is 0 Å². The minimum absolute atomic E-state index is 0.164. The number of rotatable bonds is 4. The maximum atomic E-state index is 13.0. The Hall–Kier alpha value is -2.19. The molecule has 1 heterocycles. The van der Waals surface area contributed by atoms with Crippen molar-refractivity contribution in [3.8, 4) is 0 Å². The monoisotopic (exact) mass is 292 g/mol. The molecule has 1 aromatic heterocycles. The van der Waals surface area contributed by atoms with Crippen LogP contribution in [0.1, 0.15) is 32.3 Å². The lowest BCUT2D eigenvalue weighted by molar-refractivity contribution is 0.0974. The first-order valence-electron chi connectivity index (χ1n) is 6.95. The highest BCUT2D eigenvalue weighted by Crippen LogP contribution is 2.29. The van der Waals surface area contributed by atoms with Gasteiger partial charge in [0.1, 0.15) is 0 Å². The molecule has 0 amide bonds. The van der Waals surface area contributed by atoms with Crippen molar-refractivity contribution in [2.24, 2.45) is 0 Å². The molecule has 21 heavy (non-hydrogen) atoms. The lowest BCUT2D eigenvalue weighted by Gasteiger charge is -2.16. The molecule has 0 saturated heterocycles. The lowest BCUT2D eigenvalue weighted by atomic mass is 9.85. The summed E-state index contributed by atoms with van der Waals surface area (Å²) < 4.78 is 0. The van der Waals surface area contributed by atoms with Gasteiger partial charge in [-0.15, -0.1) is 11.3 Å². The summed E-state index contributed by atoms with van der Waals surface area (Å²) in [6, 6.07) is 22.0. The van der Waals surface area contributed by atoms with Crippen molar-refractivity contribution in [3.05, 3.63) is 93.7 Å². The van der Waals surface area contributed by atoms with E-state index in [2.05, 4.69) is 0 Å². The third-order valence-electron chi connectivity index (χ3n) is 3.54. The predicted octanol–water partition coefficient (Wildman–Crippen LogP) is 5.07. The first kappa shape index (κ1) is 13.8. The largest absolute Gasteiger partial charge is 0.293 e. The Kier molecular flexibility index (Phi) is 3.98. The SMILES string of the molecule is Cc1cc(C(=O)C(c2ccccc2)c2ccccc2)cs1. The third-order valence-corrected chi connectivity index (χ3v) is 4.40. The van der Waals surface area contributed by atoms with Gasteiger partial charge in [-0.1, -0.05) is 60.7 Å². The van der Waals surface area contributed by atoms with E-state index in [9.17, 15) is 4.79 Å². The van der Waals surface area contributed by atoms with Crippen LogP contribution in [0, 0.1) is 6.92 Å². The molecular formula is C19H16OS. The van der Waals surface area contributed by atoms with Gasteiger partial charge in [-0.05, 0) is 24.1 Å². The highest BCUT2D eigenvalue weighted by molar-refractivity contribution is 7.10. The summed E-state index contributed by atoms with van der Waals surface area (Å²) >= 11 is 1.62. The van der Waals surface area contributed by atoms with Gasteiger partial charge in [0.15, 0.2) is 5.78 Å². The summed E-state index contributed by atoms with van der Waals surface area (Å²) in [6.45, 7) is 2.03. The van der Waals surface area contributed by atoms with Gasteiger partial charge in [-0.3, -0.25) is 4.79 Å². The van der Waals surface area contributed by atoms with Gasteiger partial charge in [0, 0.05) is 15.8 Å². The molecule has 0 atom stereocenters. The maximum absolute atomic E-state index is 13.0. The van der Waals surface area contributed by atoms with Gasteiger partial charge < -0.3 is 0 Å². The van der Waals surface area contributed by atoms with Gasteiger partial charge in [0.05, 0.1) is 5.92 Å². The quantitative estimate of drug-likeness (QED) is 0.613. The van der Waals surface area contributed by atoms with Gasteiger partial charge in [-0.2, -0.15) is 0 Å². The average Bonchev–Trinajstić information content (AvgIpc) is 2.96. The average molecular weight is 292 g/mol. The van der Waals surface area contributed by atoms with E-state index < -0.39 is 0 Å². The fourth-order valence-electron chi connectivity index (χ4n) is 2.53. The molecule has 0 saturated carbocycles. The molecule has 0 aliphatic rings. The molecule has 1 nitrogen and oxygen atoms in total. The molecule has 2 aromatic carbocycles. The van der Waals surface area contributed by atoms with Crippen LogP contribution in [-0.4, -0.2) is 5.78 Å². The van der Waals surface area contributed by atoms with Gasteiger partial charge in [-0.25, -0.2) is 0 Å². The van der Waals surface area contributed by atoms with Crippen molar-refractivity contribution >= 4 is 17.1 Å². The fourth-order valence-corrected chi connectivity index (χ4v) is 3.22. The zero-order chi connectivity index (χ0) is 14.7. The maximum Gasteiger partial charge on any atom is 0.175 e. The first-order chi connectivity index (χ1) is 10.3. The van der Waals surface area contributed by atoms with Crippen LogP contribution in [0.4, 0.5) is 0 Å². The van der Waals surface area contributed by atoms with E-state index in [1.807, 2.05) is 79.0 Å². The van der Waals surface area contributed by atoms with Crippen molar-refractivity contribution in [2.75, 3.05) is 0 Å². The highest BCUT2D eigenvalue weighted by Gasteiger charge is 2.24. The number of thiophene rings is 1. The van der Waals surface area contributed by atoms with Crippen molar-refractivity contribution in [1.29, 1.82) is 0 Å². The number of carbonyl (C=O) groups excluding carboxylic acids is 1. The van der Waals surface area contributed by atoms with Crippen LogP contribution in [-0.2, 0) is 0 Å². The summed E-state index contributed by atoms with van der Waals surface area (Å²) in [5.41, 5.74) is 2.88. The minimum Gasteiger partial charge on any atom is -0.293 e. The van der Waals surface area contributed by atoms with E-state index in [0.717, 1.165) is 16.7 Å². The van der Waals surface area contributed by atoms with Crippen molar-refractivity contribution in [2.45, 2.75) is 12.8 Å². The second kappa shape index (κ2) is 6.06. The Morgan fingerprint density at radius 3 is 1.86 bits per heavy atom. The van der Waals surface area contributed by atoms with Crippen LogP contribution < -0.4 is 0 Å². The second-order valence-corrected chi connectivity index (χ2v) is 6.18. The molecule has 0 N–H and O–H groups in total. The van der Waals surface area contributed by atoms with E-state index in [-0.39, 0.29) is 11.7 Å². The molecule has 0 unspecified atom stereocenters. The number of ketones is 1. The topological polar surface area (TPSA) is 17.1 Å². The standard InChI is InChI=1S/C19H16OS/c1-14-12-17(13-21-14)19(20)18(15-8-4-2-5-9-15)16-10-6-3-7-11-16/h2-13,18H,1H3. The molecule has 3 aromatic rings. The third kappa shape index (κ3) is 2.96. The van der Waals surface area contributed by atoms with Crippen LogP contribution in [0.3, 0.4) is 0 Å². The molecule has 3 rings (SSSR count). The summed E-state index contributed by atoms with van der Waals surface area (Å²) in [4.78, 5) is 14.1. The molecule has 0 spiro atoms. The van der Waals surface area contributed by atoms with Crippen LogP contribution in [0.5, 0.6) is 0 Å². The predicted molar refractivity (Wildman–Crippen MR) is 88.1 cm³/mol. The number of carbonyl (C=O) groups is 1. The van der Waals surface area contributed by atoms with Crippen LogP contribution in [0.2, 0.25) is 0 Å². The summed E-state index contributed by atoms with van der Waals surface area (Å²) in [6.07, 6.45) is 0. The minimum atomic E-state index is -0.235. The normalized spacial score (nSPS) is 10.8. The Morgan fingerprint density at radius 2 is 1.43 bits per heavy atom. The van der Waals surface area contributed by atoms with Crippen molar-refractivity contribution in [1.82, 2.24) is 0 Å². The Balaban J connectivity index is 2.07. The van der Waals surface area contributed by atoms with E-state index in [1.165, 1.54) is 4.88 Å². The molecular weight excluding hydrogens is 276 g/mol. The second-order valence-electron chi connectivity index (χ2n) is 5.06. The number of Topliss-reactive ketones (excluding diaryl/α,β-unsaturated/α-hetero) is 1. The van der Waals surface area contributed by atoms with Crippen molar-refractivity contribution in [3.63, 3.8) is 0 Å². The molecule has 0 aliphatic carbocycles. The van der Waals surface area contributed by atoms with Gasteiger partial charge in [0.25, 0.3) is 0 Å². The lowest BCUT2D eigenvalue weighted by Crippen LogP contribution is -2.13. The molecule has 0 aliphatic heterocycles. The van der Waals surface area contributed by atoms with Crippen LogP contribution >= 0.6 is 11.3 Å². The van der Waals surface area contributed by atoms with E-state index in [0.29, 0.717) is 0 Å². The van der Waals surface area contributed by atoms with Crippen LogP contribution in [0.15, 0.2) is 72.1 Å². The molecule has 104 valence electrons. The Bertz CT molecular complexity index is 689. The molecule has 0 fully saturated rings. The van der Waals surface area contributed by atoms with Gasteiger partial charge in [0.2, 0.25) is 0 Å². The first-order valence-corrected chi connectivity index (χ1v) is 7.83. The molecule has 0 bridgehead atoms. The Morgan fingerprint density at radius 1 is 0.905 bits per heavy atom. The van der Waals surface area contributed by atoms with E-state index in [4.69, 9.17) is 0 Å². The molecule has 2 heteroatoms. The zero-order valence-electron chi connectivity index (χ0n) is 11.8. The molecule has 0 radical (unpaired) electrons. The zero-order valence-corrected chi connectivity index (χ0v) is 12.6. The number of hydrogen-bond donors (Lipinski definition) is 0. The van der Waals surface area contributed by atoms with E-state index >= 15 is 0 Å². The number of benzene rings is 2. The summed E-state index contributed by atoms with van der Waals surface area (Å²) in [7, 11) is 0. The highest BCUT2D eigenvalue weighted by atomic mass is 32.1. The van der Waals surface area contributed by atoms with Gasteiger partial charge >= 0.3 is 0 Å². The van der Waals surface area contributed by atoms with E-state index in [1.54, 1.807) is 11.3 Å². The number of aryl methyl sites for hydroxylation is 1. The summed E-state index contributed by atoms with van der Waals surface area (Å²) in [5.74, 6) is -0.0712. The summed E-state index contributed by atoms with van der Waals surface area (Å²) in [5, 5.41) is 1.95. The van der Waals surface area contributed by atoms with Crippen molar-refractivity contribution < 1.29 is 4.79 Å². The smallest absolute Gasteiger partial charge is 0.175 e. The Labute approximate surface area is 128 Å².